The summed E-state index contributed by atoms with van der Waals surface area (Å²) >= 11 is 0. The van der Waals surface area contributed by atoms with Crippen molar-refractivity contribution in [3.05, 3.63) is 29.3 Å². The number of benzene rings is 1. The van der Waals surface area contributed by atoms with Crippen LogP contribution in [-0.2, 0) is 0 Å². The van der Waals surface area contributed by atoms with Gasteiger partial charge in [-0.25, -0.2) is 8.78 Å². The summed E-state index contributed by atoms with van der Waals surface area (Å²) in [4.78, 5) is 16.2. The number of amides is 1. The molecule has 1 N–H and O–H groups in total. The monoisotopic (exact) mass is 297 g/mol. The average Bonchev–Trinajstić information content (AvgIpc) is 2.66. The van der Waals surface area contributed by atoms with Gasteiger partial charge in [-0.3, -0.25) is 4.79 Å². The molecule has 0 radical (unpaired) electrons. The maximum atomic E-state index is 13.9. The molecule has 1 aromatic rings. The van der Waals surface area contributed by atoms with E-state index in [1.807, 2.05) is 7.05 Å². The van der Waals surface area contributed by atoms with Crippen LogP contribution < -0.4 is 5.32 Å². The number of hydrogen-bond donors (Lipinski definition) is 1. The molecule has 0 saturated carbocycles. The van der Waals surface area contributed by atoms with Crippen LogP contribution in [0, 0.1) is 11.6 Å². The molecule has 116 valence electrons. The number of carbonyl (C=O) groups is 1. The molecule has 21 heavy (non-hydrogen) atoms. The Kier molecular flexibility index (Phi) is 5.12. The minimum atomic E-state index is -0.730. The molecule has 1 heterocycles. The first-order valence-electron chi connectivity index (χ1n) is 7.23. The standard InChI is InChI=1S/C15H21F2N3O/c1-3-18-14-12(16)9-11(10-13(14)17)15(21)20-6-4-5-19(2)7-8-20/h9-10,18H,3-8H2,1-2H3. The lowest BCUT2D eigenvalue weighted by molar-refractivity contribution is 0.0762. The molecule has 1 amide bonds. The minimum absolute atomic E-state index is 0.0659. The van der Waals surface area contributed by atoms with Crippen LogP contribution in [0.1, 0.15) is 23.7 Å². The van der Waals surface area contributed by atoms with Crippen molar-refractivity contribution in [2.45, 2.75) is 13.3 Å². The van der Waals surface area contributed by atoms with Gasteiger partial charge in [0.1, 0.15) is 17.3 Å². The second-order valence-corrected chi connectivity index (χ2v) is 5.29. The van der Waals surface area contributed by atoms with Crippen molar-refractivity contribution in [3.8, 4) is 0 Å². The lowest BCUT2D eigenvalue weighted by Gasteiger charge is -2.21. The van der Waals surface area contributed by atoms with Crippen LogP contribution in [0.3, 0.4) is 0 Å². The molecule has 1 aliphatic rings. The molecule has 1 aliphatic heterocycles. The fourth-order valence-corrected chi connectivity index (χ4v) is 2.47. The minimum Gasteiger partial charge on any atom is -0.381 e. The lowest BCUT2D eigenvalue weighted by atomic mass is 10.1. The van der Waals surface area contributed by atoms with Crippen molar-refractivity contribution in [2.75, 3.05) is 45.1 Å². The Morgan fingerprint density at radius 1 is 1.19 bits per heavy atom. The van der Waals surface area contributed by atoms with Gasteiger partial charge in [0.05, 0.1) is 0 Å². The summed E-state index contributed by atoms with van der Waals surface area (Å²) in [7, 11) is 2.00. The second-order valence-electron chi connectivity index (χ2n) is 5.29. The van der Waals surface area contributed by atoms with Crippen LogP contribution in [0.2, 0.25) is 0 Å². The Bertz CT molecular complexity index is 499. The number of halogens is 2. The molecule has 1 aromatic carbocycles. The van der Waals surface area contributed by atoms with E-state index in [1.165, 1.54) is 0 Å². The summed E-state index contributed by atoms with van der Waals surface area (Å²) in [6.07, 6.45) is 0.864. The highest BCUT2D eigenvalue weighted by atomic mass is 19.1. The van der Waals surface area contributed by atoms with Gasteiger partial charge < -0.3 is 15.1 Å². The van der Waals surface area contributed by atoms with Crippen molar-refractivity contribution in [2.24, 2.45) is 0 Å². The summed E-state index contributed by atoms with van der Waals surface area (Å²) in [5.41, 5.74) is -0.110. The molecule has 0 atom stereocenters. The highest BCUT2D eigenvalue weighted by Crippen LogP contribution is 2.22. The molecule has 0 bridgehead atoms. The molecule has 0 unspecified atom stereocenters. The molecular formula is C15H21F2N3O. The third kappa shape index (κ3) is 3.69. The van der Waals surface area contributed by atoms with Crippen LogP contribution in [0.25, 0.3) is 0 Å². The van der Waals surface area contributed by atoms with E-state index in [1.54, 1.807) is 11.8 Å². The Balaban J connectivity index is 2.19. The Morgan fingerprint density at radius 3 is 2.48 bits per heavy atom. The van der Waals surface area contributed by atoms with Crippen molar-refractivity contribution in [3.63, 3.8) is 0 Å². The van der Waals surface area contributed by atoms with Gasteiger partial charge in [0.15, 0.2) is 0 Å². The Morgan fingerprint density at radius 2 is 1.86 bits per heavy atom. The van der Waals surface area contributed by atoms with Gasteiger partial charge in [-0.1, -0.05) is 0 Å². The quantitative estimate of drug-likeness (QED) is 0.929. The predicted octanol–water partition coefficient (Wildman–Crippen LogP) is 2.17. The van der Waals surface area contributed by atoms with Crippen molar-refractivity contribution in [1.29, 1.82) is 0 Å². The van der Waals surface area contributed by atoms with Crippen LogP contribution in [0.4, 0.5) is 14.5 Å². The van der Waals surface area contributed by atoms with E-state index in [9.17, 15) is 13.6 Å². The van der Waals surface area contributed by atoms with Crippen molar-refractivity contribution >= 4 is 11.6 Å². The Hall–Kier alpha value is -1.69. The normalized spacial score (nSPS) is 16.7. The second kappa shape index (κ2) is 6.85. The van der Waals surface area contributed by atoms with Gasteiger partial charge >= 0.3 is 0 Å². The summed E-state index contributed by atoms with van der Waals surface area (Å²) < 4.78 is 27.8. The number of hydrogen-bond acceptors (Lipinski definition) is 3. The van der Waals surface area contributed by atoms with E-state index >= 15 is 0 Å². The van der Waals surface area contributed by atoms with Crippen LogP contribution in [-0.4, -0.2) is 55.5 Å². The maximum Gasteiger partial charge on any atom is 0.254 e. The number of anilines is 1. The van der Waals surface area contributed by atoms with E-state index in [0.717, 1.165) is 31.6 Å². The van der Waals surface area contributed by atoms with Gasteiger partial charge in [0.2, 0.25) is 0 Å². The topological polar surface area (TPSA) is 35.6 Å². The zero-order valence-electron chi connectivity index (χ0n) is 12.5. The van der Waals surface area contributed by atoms with Gasteiger partial charge in [-0.2, -0.15) is 0 Å². The first-order chi connectivity index (χ1) is 10.0. The summed E-state index contributed by atoms with van der Waals surface area (Å²) in [5, 5.41) is 2.62. The maximum absolute atomic E-state index is 13.9. The fraction of sp³-hybridized carbons (Fsp3) is 0.533. The largest absolute Gasteiger partial charge is 0.381 e. The average molecular weight is 297 g/mol. The lowest BCUT2D eigenvalue weighted by Crippen LogP contribution is -2.34. The van der Waals surface area contributed by atoms with Gasteiger partial charge in [-0.05, 0) is 39.1 Å². The molecular weight excluding hydrogens is 276 g/mol. The van der Waals surface area contributed by atoms with E-state index in [2.05, 4.69) is 10.2 Å². The van der Waals surface area contributed by atoms with Crippen molar-refractivity contribution in [1.82, 2.24) is 9.80 Å². The number of nitrogens with one attached hydrogen (secondary N) is 1. The number of likely N-dealkylation sites (N-methyl/N-ethyl adjacent to an activating group) is 1. The zero-order valence-corrected chi connectivity index (χ0v) is 12.5. The van der Waals surface area contributed by atoms with E-state index in [-0.39, 0.29) is 17.2 Å². The first kappa shape index (κ1) is 15.7. The highest BCUT2D eigenvalue weighted by Gasteiger charge is 2.21. The molecule has 4 nitrogen and oxygen atoms in total. The molecule has 0 aliphatic carbocycles. The number of rotatable bonds is 3. The number of carbonyl (C=O) groups excluding carboxylic acids is 1. The fourth-order valence-electron chi connectivity index (χ4n) is 2.47. The van der Waals surface area contributed by atoms with Crippen molar-refractivity contribution < 1.29 is 13.6 Å². The molecule has 2 rings (SSSR count). The summed E-state index contributed by atoms with van der Waals surface area (Å²) in [6, 6.07) is 2.22. The zero-order chi connectivity index (χ0) is 15.4. The van der Waals surface area contributed by atoms with Crippen LogP contribution in [0.15, 0.2) is 12.1 Å². The van der Waals surface area contributed by atoms with Crippen LogP contribution in [0.5, 0.6) is 0 Å². The summed E-state index contributed by atoms with van der Waals surface area (Å²) in [5.74, 6) is -1.77. The first-order valence-corrected chi connectivity index (χ1v) is 7.23. The molecule has 0 spiro atoms. The van der Waals surface area contributed by atoms with E-state index in [4.69, 9.17) is 0 Å². The molecule has 1 saturated heterocycles. The Labute approximate surface area is 123 Å². The summed E-state index contributed by atoms with van der Waals surface area (Å²) in [6.45, 7) is 5.05. The third-order valence-corrected chi connectivity index (χ3v) is 3.65. The van der Waals surface area contributed by atoms with Gasteiger partial charge in [0, 0.05) is 31.7 Å². The highest BCUT2D eigenvalue weighted by molar-refractivity contribution is 5.94. The van der Waals surface area contributed by atoms with Crippen LogP contribution >= 0.6 is 0 Å². The van der Waals surface area contributed by atoms with Gasteiger partial charge in [0.25, 0.3) is 5.91 Å². The molecule has 1 fully saturated rings. The molecule has 6 heteroatoms. The third-order valence-electron chi connectivity index (χ3n) is 3.65. The van der Waals surface area contributed by atoms with Gasteiger partial charge in [-0.15, -0.1) is 0 Å². The van der Waals surface area contributed by atoms with E-state index < -0.39 is 11.6 Å². The SMILES string of the molecule is CCNc1c(F)cc(C(=O)N2CCCN(C)CC2)cc1F. The number of nitrogens with zero attached hydrogens (tertiary/aromatic N) is 2. The van der Waals surface area contributed by atoms with E-state index in [0.29, 0.717) is 19.6 Å². The predicted molar refractivity (Wildman–Crippen MR) is 78.5 cm³/mol. The smallest absolute Gasteiger partial charge is 0.254 e. The molecule has 0 aromatic heterocycles.